The third-order valence-electron chi connectivity index (χ3n) is 5.76. The highest BCUT2D eigenvalue weighted by Crippen LogP contribution is 2.48. The Morgan fingerprint density at radius 3 is 2.00 bits per heavy atom. The number of benzene rings is 4. The summed E-state index contributed by atoms with van der Waals surface area (Å²) in [4.78, 5) is 0. The van der Waals surface area contributed by atoms with Crippen LogP contribution in [0.1, 0.15) is 49.9 Å². The highest BCUT2D eigenvalue weighted by molar-refractivity contribution is 6.02. The van der Waals surface area contributed by atoms with Gasteiger partial charge >= 0.3 is 0 Å². The van der Waals surface area contributed by atoms with Gasteiger partial charge in [0.25, 0.3) is 0 Å². The van der Waals surface area contributed by atoms with Crippen LogP contribution in [0.25, 0.3) is 33.0 Å². The van der Waals surface area contributed by atoms with Gasteiger partial charge in [0, 0.05) is 0 Å². The zero-order valence-corrected chi connectivity index (χ0v) is 17.3. The first-order valence-electron chi connectivity index (χ1n) is 10.6. The van der Waals surface area contributed by atoms with Crippen LogP contribution in [0.5, 0.6) is 0 Å². The van der Waals surface area contributed by atoms with E-state index < -0.39 is 0 Å². The van der Waals surface area contributed by atoms with Crippen molar-refractivity contribution in [2.45, 2.75) is 40.5 Å². The van der Waals surface area contributed by atoms with Crippen LogP contribution in [-0.4, -0.2) is 0 Å². The monoisotopic (exact) mass is 364 g/mol. The summed E-state index contributed by atoms with van der Waals surface area (Å²) in [6.45, 7) is 8.00. The minimum Gasteiger partial charge on any atom is -0.0683 e. The molecule has 0 spiro atoms. The van der Waals surface area contributed by atoms with Crippen LogP contribution in [-0.2, 0) is 12.8 Å². The molecule has 0 N–H and O–H groups in total. The molecule has 0 unspecified atom stereocenters. The fraction of sp³-hybridized carbons (Fsp3) is 0.214. The number of hydrogen-bond donors (Lipinski definition) is 0. The Morgan fingerprint density at radius 1 is 0.500 bits per heavy atom. The first-order valence-corrected chi connectivity index (χ1v) is 10.6. The van der Waals surface area contributed by atoms with Crippen molar-refractivity contribution in [3.05, 3.63) is 95.1 Å². The lowest BCUT2D eigenvalue weighted by atomic mass is 9.95. The summed E-state index contributed by atoms with van der Waals surface area (Å²) in [5.74, 6) is 0. The quantitative estimate of drug-likeness (QED) is 0.256. The van der Waals surface area contributed by atoms with E-state index in [-0.39, 0.29) is 0 Å². The molecule has 0 heteroatoms. The molecule has 4 aromatic rings. The highest BCUT2D eigenvalue weighted by Gasteiger charge is 2.28. The van der Waals surface area contributed by atoms with Crippen molar-refractivity contribution in [3.63, 3.8) is 0 Å². The largest absolute Gasteiger partial charge is 0.0683 e. The van der Waals surface area contributed by atoms with Crippen molar-refractivity contribution in [1.82, 2.24) is 0 Å². The third kappa shape index (κ3) is 2.67. The van der Waals surface area contributed by atoms with Gasteiger partial charge in [0.1, 0.15) is 0 Å². The van der Waals surface area contributed by atoms with Gasteiger partial charge in [0.2, 0.25) is 0 Å². The van der Waals surface area contributed by atoms with Crippen LogP contribution in [0.3, 0.4) is 0 Å². The summed E-state index contributed by atoms with van der Waals surface area (Å²) >= 11 is 0. The van der Waals surface area contributed by atoms with Crippen LogP contribution < -0.4 is 0 Å². The van der Waals surface area contributed by atoms with Gasteiger partial charge in [-0.05, 0) is 68.1 Å². The summed E-state index contributed by atoms with van der Waals surface area (Å²) in [6, 6.07) is 26.9. The van der Waals surface area contributed by atoms with Crippen molar-refractivity contribution >= 4 is 10.8 Å². The van der Waals surface area contributed by atoms with E-state index in [2.05, 4.69) is 72.8 Å². The number of fused-ring (bicyclic) bond motifs is 9. The van der Waals surface area contributed by atoms with Gasteiger partial charge in [-0.15, -0.1) is 0 Å². The highest BCUT2D eigenvalue weighted by atomic mass is 14.3. The second-order valence-corrected chi connectivity index (χ2v) is 6.95. The van der Waals surface area contributed by atoms with E-state index in [1.54, 1.807) is 11.1 Å². The second-order valence-electron chi connectivity index (χ2n) is 6.95. The zero-order chi connectivity index (χ0) is 19.7. The van der Waals surface area contributed by atoms with E-state index in [1.165, 1.54) is 44.2 Å². The molecule has 0 aliphatic heterocycles. The lowest BCUT2D eigenvalue weighted by Gasteiger charge is -2.09. The molecule has 0 bridgehead atoms. The molecule has 28 heavy (non-hydrogen) atoms. The van der Waals surface area contributed by atoms with Crippen LogP contribution in [0.4, 0.5) is 0 Å². The Kier molecular flexibility index (Phi) is 5.05. The molecule has 0 nitrogen and oxygen atoms in total. The number of hydrogen-bond acceptors (Lipinski definition) is 0. The Morgan fingerprint density at radius 2 is 1.14 bits per heavy atom. The summed E-state index contributed by atoms with van der Waals surface area (Å²) < 4.78 is 0. The van der Waals surface area contributed by atoms with Gasteiger partial charge in [-0.2, -0.15) is 0 Å². The topological polar surface area (TPSA) is 0 Å². The van der Waals surface area contributed by atoms with E-state index in [9.17, 15) is 0 Å². The molecule has 2 aliphatic rings. The average molecular weight is 365 g/mol. The van der Waals surface area contributed by atoms with Gasteiger partial charge in [-0.1, -0.05) is 100 Å². The molecular formula is C28H28. The molecule has 0 fully saturated rings. The molecule has 140 valence electrons. The zero-order valence-electron chi connectivity index (χ0n) is 17.3. The van der Waals surface area contributed by atoms with Crippen molar-refractivity contribution < 1.29 is 0 Å². The average Bonchev–Trinajstić information content (AvgIpc) is 3.35. The SMILES string of the molecule is CC.CC.c1ccc2c(c1)Cc1c-2ccc2c1Cc1ccc3ccccc3c1-2. The summed E-state index contributed by atoms with van der Waals surface area (Å²) in [6.07, 6.45) is 2.16. The minimum absolute atomic E-state index is 1.08. The van der Waals surface area contributed by atoms with Crippen molar-refractivity contribution in [3.8, 4) is 22.3 Å². The van der Waals surface area contributed by atoms with Gasteiger partial charge in [-0.3, -0.25) is 0 Å². The fourth-order valence-electron chi connectivity index (χ4n) is 4.68. The van der Waals surface area contributed by atoms with Crippen molar-refractivity contribution in [1.29, 1.82) is 0 Å². The minimum atomic E-state index is 1.08. The normalized spacial score (nSPS) is 12.0. The van der Waals surface area contributed by atoms with Gasteiger partial charge in [-0.25, -0.2) is 0 Å². The van der Waals surface area contributed by atoms with Crippen LogP contribution in [0.2, 0.25) is 0 Å². The Hall–Kier alpha value is -2.86. The molecular weight excluding hydrogens is 336 g/mol. The maximum absolute atomic E-state index is 2.36. The van der Waals surface area contributed by atoms with Crippen molar-refractivity contribution in [2.75, 3.05) is 0 Å². The molecule has 0 saturated carbocycles. The molecule has 2 aliphatic carbocycles. The van der Waals surface area contributed by atoms with E-state index in [1.807, 2.05) is 27.7 Å². The van der Waals surface area contributed by atoms with Gasteiger partial charge in [0.15, 0.2) is 0 Å². The standard InChI is InChI=1S/C24H16.2C2H6/c1-4-8-19-15(5-1)9-10-17-14-23-21(24(17)19)12-11-20-18-7-3-2-6-16(18)13-22(20)23;2*1-2/h1-12H,13-14H2;2*1-2H3. The molecule has 0 atom stereocenters. The molecule has 0 amide bonds. The number of rotatable bonds is 0. The Labute approximate surface area is 168 Å². The molecule has 0 saturated heterocycles. The first-order chi connectivity index (χ1) is 13.9. The third-order valence-corrected chi connectivity index (χ3v) is 5.76. The summed E-state index contributed by atoms with van der Waals surface area (Å²) in [5, 5.41) is 2.73. The summed E-state index contributed by atoms with van der Waals surface area (Å²) in [5.41, 5.74) is 11.8. The maximum Gasteiger partial charge on any atom is -0.00101 e. The smallest absolute Gasteiger partial charge is 0.00101 e. The summed E-state index contributed by atoms with van der Waals surface area (Å²) in [7, 11) is 0. The molecule has 0 radical (unpaired) electrons. The predicted octanol–water partition coefficient (Wildman–Crippen LogP) is 8.03. The van der Waals surface area contributed by atoms with E-state index >= 15 is 0 Å². The fourth-order valence-corrected chi connectivity index (χ4v) is 4.68. The molecule has 0 heterocycles. The van der Waals surface area contributed by atoms with Crippen LogP contribution in [0.15, 0.2) is 72.8 Å². The van der Waals surface area contributed by atoms with E-state index in [0.717, 1.165) is 12.8 Å². The van der Waals surface area contributed by atoms with Crippen molar-refractivity contribution in [2.24, 2.45) is 0 Å². The second kappa shape index (κ2) is 7.64. The molecule has 4 aromatic carbocycles. The lowest BCUT2D eigenvalue weighted by Crippen LogP contribution is -1.90. The predicted molar refractivity (Wildman–Crippen MR) is 123 cm³/mol. The Balaban J connectivity index is 0.000000454. The molecule has 6 rings (SSSR count). The Bertz CT molecular complexity index is 1150. The van der Waals surface area contributed by atoms with Crippen LogP contribution >= 0.6 is 0 Å². The van der Waals surface area contributed by atoms with E-state index in [0.29, 0.717) is 0 Å². The van der Waals surface area contributed by atoms with Gasteiger partial charge in [0.05, 0.1) is 0 Å². The van der Waals surface area contributed by atoms with Gasteiger partial charge < -0.3 is 0 Å². The van der Waals surface area contributed by atoms with Crippen LogP contribution in [0, 0.1) is 0 Å². The lowest BCUT2D eigenvalue weighted by molar-refractivity contribution is 1.16. The van der Waals surface area contributed by atoms with E-state index in [4.69, 9.17) is 0 Å². The molecule has 0 aromatic heterocycles. The maximum atomic E-state index is 2.36. The first kappa shape index (κ1) is 18.5.